The van der Waals surface area contributed by atoms with E-state index in [0.29, 0.717) is 6.54 Å². The molecular weight excluding hydrogens is 268 g/mol. The summed E-state index contributed by atoms with van der Waals surface area (Å²) >= 11 is 0. The molecule has 3 N–H and O–H groups in total. The van der Waals surface area contributed by atoms with Gasteiger partial charge in [-0.2, -0.15) is 0 Å². The van der Waals surface area contributed by atoms with Gasteiger partial charge in [0.05, 0.1) is 4.90 Å². The molecule has 1 aromatic rings. The van der Waals surface area contributed by atoms with E-state index in [1.807, 2.05) is 6.92 Å². The predicted octanol–water partition coefficient (Wildman–Crippen LogP) is 0.0884. The Morgan fingerprint density at radius 1 is 1.37 bits per heavy atom. The monoisotopic (exact) mass is 284 g/mol. The van der Waals surface area contributed by atoms with Crippen molar-refractivity contribution in [2.24, 2.45) is 0 Å². The molecule has 19 heavy (non-hydrogen) atoms. The normalized spacial score (nSPS) is 23.4. The maximum absolute atomic E-state index is 12.1. The Balaban J connectivity index is 2.06. The smallest absolute Gasteiger partial charge is 0.320 e. The molecule has 0 aliphatic carbocycles. The van der Waals surface area contributed by atoms with Crippen LogP contribution >= 0.6 is 0 Å². The molecule has 7 heteroatoms. The number of hydrogen-bond donors (Lipinski definition) is 3. The third-order valence-electron chi connectivity index (χ3n) is 3.08. The van der Waals surface area contributed by atoms with Gasteiger partial charge >= 0.3 is 5.97 Å². The van der Waals surface area contributed by atoms with E-state index < -0.39 is 28.1 Å². The summed E-state index contributed by atoms with van der Waals surface area (Å²) in [5.74, 6) is -0.961. The SMILES string of the molecule is Cc1ccc(S(=O)(=O)N[C@@H]2CN[C@H](C(=O)O)C2)cc1. The molecular formula is C12H16N2O4S. The number of carboxylic acids is 1. The Labute approximate surface area is 111 Å². The third kappa shape index (κ3) is 3.31. The van der Waals surface area contributed by atoms with E-state index in [0.717, 1.165) is 5.56 Å². The Hall–Kier alpha value is -1.44. The Morgan fingerprint density at radius 2 is 2.00 bits per heavy atom. The molecule has 1 aliphatic rings. The molecule has 1 heterocycles. The zero-order chi connectivity index (χ0) is 14.0. The summed E-state index contributed by atoms with van der Waals surface area (Å²) in [4.78, 5) is 11.0. The fourth-order valence-corrected chi connectivity index (χ4v) is 3.27. The summed E-state index contributed by atoms with van der Waals surface area (Å²) < 4.78 is 26.7. The van der Waals surface area contributed by atoms with Crippen LogP contribution in [0.25, 0.3) is 0 Å². The zero-order valence-electron chi connectivity index (χ0n) is 10.5. The van der Waals surface area contributed by atoms with Crippen molar-refractivity contribution in [3.05, 3.63) is 29.8 Å². The quantitative estimate of drug-likeness (QED) is 0.728. The zero-order valence-corrected chi connectivity index (χ0v) is 11.3. The summed E-state index contributed by atoms with van der Waals surface area (Å²) in [6, 6.07) is 5.44. The molecule has 0 bridgehead atoms. The largest absolute Gasteiger partial charge is 0.480 e. The fraction of sp³-hybridized carbons (Fsp3) is 0.417. The van der Waals surface area contributed by atoms with Gasteiger partial charge in [0.15, 0.2) is 0 Å². The highest BCUT2D eigenvalue weighted by molar-refractivity contribution is 7.89. The van der Waals surface area contributed by atoms with Gasteiger partial charge in [0.1, 0.15) is 6.04 Å². The number of nitrogens with one attached hydrogen (secondary N) is 2. The maximum atomic E-state index is 12.1. The minimum absolute atomic E-state index is 0.192. The molecule has 1 saturated heterocycles. The van der Waals surface area contributed by atoms with Gasteiger partial charge in [0.2, 0.25) is 10.0 Å². The Morgan fingerprint density at radius 3 is 2.53 bits per heavy atom. The molecule has 1 aromatic carbocycles. The van der Waals surface area contributed by atoms with Gasteiger partial charge < -0.3 is 10.4 Å². The molecule has 0 radical (unpaired) electrons. The minimum atomic E-state index is -3.59. The first kappa shape index (κ1) is 14.0. The number of benzene rings is 1. The molecule has 0 spiro atoms. The Kier molecular flexibility index (Phi) is 3.88. The first-order chi connectivity index (χ1) is 8.88. The van der Waals surface area contributed by atoms with E-state index in [9.17, 15) is 13.2 Å². The van der Waals surface area contributed by atoms with E-state index in [2.05, 4.69) is 10.0 Å². The van der Waals surface area contributed by atoms with Gasteiger partial charge in [-0.3, -0.25) is 4.79 Å². The maximum Gasteiger partial charge on any atom is 0.320 e. The van der Waals surface area contributed by atoms with E-state index in [-0.39, 0.29) is 11.3 Å². The number of aryl methyl sites for hydroxylation is 1. The average molecular weight is 284 g/mol. The van der Waals surface area contributed by atoms with Crippen LogP contribution in [-0.4, -0.2) is 38.1 Å². The standard InChI is InChI=1S/C12H16N2O4S/c1-8-2-4-10(5-3-8)19(17,18)14-9-6-11(12(15)16)13-7-9/h2-5,9,11,13-14H,6-7H2,1H3,(H,15,16)/t9-,11-/m0/s1. The number of hydrogen-bond acceptors (Lipinski definition) is 4. The van der Waals surface area contributed by atoms with Crippen molar-refractivity contribution in [3.8, 4) is 0 Å². The molecule has 104 valence electrons. The molecule has 1 aliphatic heterocycles. The molecule has 0 unspecified atom stereocenters. The topological polar surface area (TPSA) is 95.5 Å². The lowest BCUT2D eigenvalue weighted by Crippen LogP contribution is -2.36. The summed E-state index contributed by atoms with van der Waals surface area (Å²) in [5, 5.41) is 11.6. The summed E-state index contributed by atoms with van der Waals surface area (Å²) in [6.07, 6.45) is 0.250. The van der Waals surface area contributed by atoms with Gasteiger partial charge in [-0.05, 0) is 25.5 Å². The summed E-state index contributed by atoms with van der Waals surface area (Å²) in [7, 11) is -3.59. The minimum Gasteiger partial charge on any atom is -0.480 e. The number of rotatable bonds is 4. The van der Waals surface area contributed by atoms with Crippen molar-refractivity contribution >= 4 is 16.0 Å². The van der Waals surface area contributed by atoms with Crippen molar-refractivity contribution in [1.29, 1.82) is 0 Å². The van der Waals surface area contributed by atoms with Gasteiger partial charge in [-0.1, -0.05) is 17.7 Å². The van der Waals surface area contributed by atoms with Crippen LogP contribution in [0.3, 0.4) is 0 Å². The molecule has 1 fully saturated rings. The van der Waals surface area contributed by atoms with Crippen LogP contribution in [0.1, 0.15) is 12.0 Å². The van der Waals surface area contributed by atoms with Crippen molar-refractivity contribution in [2.45, 2.75) is 30.3 Å². The Bertz CT molecular complexity index is 568. The fourth-order valence-electron chi connectivity index (χ4n) is 2.02. The van der Waals surface area contributed by atoms with Crippen molar-refractivity contribution < 1.29 is 18.3 Å². The summed E-state index contributed by atoms with van der Waals surface area (Å²) in [6.45, 7) is 2.20. The van der Waals surface area contributed by atoms with Gasteiger partial charge in [0.25, 0.3) is 0 Å². The number of carbonyl (C=O) groups is 1. The third-order valence-corrected chi connectivity index (χ3v) is 4.62. The molecule has 2 rings (SSSR count). The van der Waals surface area contributed by atoms with Crippen LogP contribution in [0.4, 0.5) is 0 Å². The second kappa shape index (κ2) is 5.28. The van der Waals surface area contributed by atoms with Crippen LogP contribution in [0, 0.1) is 6.92 Å². The number of sulfonamides is 1. The van der Waals surface area contributed by atoms with Gasteiger partial charge in [0, 0.05) is 12.6 Å². The van der Waals surface area contributed by atoms with Crippen LogP contribution < -0.4 is 10.0 Å². The first-order valence-electron chi connectivity index (χ1n) is 5.94. The van der Waals surface area contributed by atoms with E-state index >= 15 is 0 Å². The van der Waals surface area contributed by atoms with Crippen molar-refractivity contribution in [2.75, 3.05) is 6.54 Å². The van der Waals surface area contributed by atoms with E-state index in [1.165, 1.54) is 12.1 Å². The summed E-state index contributed by atoms with van der Waals surface area (Å²) in [5.41, 5.74) is 0.979. The second-order valence-electron chi connectivity index (χ2n) is 4.67. The highest BCUT2D eigenvalue weighted by Gasteiger charge is 2.31. The average Bonchev–Trinajstić information content (AvgIpc) is 2.77. The molecule has 2 atom stereocenters. The van der Waals surface area contributed by atoms with Crippen molar-refractivity contribution in [1.82, 2.24) is 10.0 Å². The predicted molar refractivity (Wildman–Crippen MR) is 69.3 cm³/mol. The molecule has 0 amide bonds. The lowest BCUT2D eigenvalue weighted by atomic mass is 10.2. The highest BCUT2D eigenvalue weighted by atomic mass is 32.2. The van der Waals surface area contributed by atoms with Crippen molar-refractivity contribution in [3.63, 3.8) is 0 Å². The second-order valence-corrected chi connectivity index (χ2v) is 6.38. The van der Waals surface area contributed by atoms with E-state index in [4.69, 9.17) is 5.11 Å². The van der Waals surface area contributed by atoms with E-state index in [1.54, 1.807) is 12.1 Å². The van der Waals surface area contributed by atoms with Crippen LogP contribution in [-0.2, 0) is 14.8 Å². The van der Waals surface area contributed by atoms with Crippen LogP contribution in [0.15, 0.2) is 29.2 Å². The first-order valence-corrected chi connectivity index (χ1v) is 7.42. The molecule has 6 nitrogen and oxygen atoms in total. The lowest BCUT2D eigenvalue weighted by molar-refractivity contribution is -0.139. The van der Waals surface area contributed by atoms with Gasteiger partial charge in [-0.15, -0.1) is 0 Å². The van der Waals surface area contributed by atoms with Crippen LogP contribution in [0.2, 0.25) is 0 Å². The number of carboxylic acid groups (broad SMARTS) is 1. The molecule has 0 aromatic heterocycles. The lowest BCUT2D eigenvalue weighted by Gasteiger charge is -2.12. The van der Waals surface area contributed by atoms with Gasteiger partial charge in [-0.25, -0.2) is 13.1 Å². The van der Waals surface area contributed by atoms with Crippen LogP contribution in [0.5, 0.6) is 0 Å². The molecule has 0 saturated carbocycles. The highest BCUT2D eigenvalue weighted by Crippen LogP contribution is 2.14. The number of aliphatic carboxylic acids is 1.